The van der Waals surface area contributed by atoms with Crippen LogP contribution in [0.1, 0.15) is 22.8 Å². The molecule has 0 saturated carbocycles. The number of aromatic carboxylic acids is 1. The van der Waals surface area contributed by atoms with Crippen LogP contribution >= 0.6 is 15.9 Å². The molecule has 1 aliphatic rings. The maximum absolute atomic E-state index is 12.3. The molecule has 1 aliphatic heterocycles. The van der Waals surface area contributed by atoms with Crippen molar-refractivity contribution < 1.29 is 23.4 Å². The quantitative estimate of drug-likeness (QED) is 0.841. The number of hydrogen-bond donors (Lipinski definition) is 2. The van der Waals surface area contributed by atoms with Gasteiger partial charge in [-0.15, -0.1) is 0 Å². The average Bonchev–Trinajstić information content (AvgIpc) is 2.28. The van der Waals surface area contributed by atoms with Crippen LogP contribution in [0.2, 0.25) is 0 Å². The van der Waals surface area contributed by atoms with Gasteiger partial charge in [-0.25, -0.2) is 13.2 Å². The molecule has 2 rings (SSSR count). The Balaban J connectivity index is 2.46. The first-order valence-corrected chi connectivity index (χ1v) is 8.04. The third-order valence-electron chi connectivity index (χ3n) is 3.22. The summed E-state index contributed by atoms with van der Waals surface area (Å²) in [5.74, 6) is -1.18. The highest BCUT2D eigenvalue weighted by atomic mass is 79.9. The van der Waals surface area contributed by atoms with E-state index in [1.165, 1.54) is 6.07 Å². The Morgan fingerprint density at radius 2 is 1.95 bits per heavy atom. The molecular formula is C12H14BrNO5S. The number of benzene rings is 1. The van der Waals surface area contributed by atoms with E-state index in [1.54, 1.807) is 13.8 Å². The zero-order chi connectivity index (χ0) is 15.3. The molecule has 0 spiro atoms. The van der Waals surface area contributed by atoms with Crippen molar-refractivity contribution in [2.75, 3.05) is 13.1 Å². The smallest absolute Gasteiger partial charge is 0.336 e. The first-order valence-electron chi connectivity index (χ1n) is 5.80. The van der Waals surface area contributed by atoms with Gasteiger partial charge in [0.1, 0.15) is 0 Å². The molecule has 0 aromatic heterocycles. The van der Waals surface area contributed by atoms with Gasteiger partial charge in [0.15, 0.2) is 0 Å². The van der Waals surface area contributed by atoms with Crippen LogP contribution in [-0.2, 0) is 10.0 Å². The number of sulfonamides is 1. The molecule has 1 aromatic rings. The number of hydrogen-bond acceptors (Lipinski definition) is 4. The fraction of sp³-hybridized carbons (Fsp3) is 0.417. The fourth-order valence-electron chi connectivity index (χ4n) is 2.06. The second-order valence-corrected chi connectivity index (χ2v) is 7.95. The highest BCUT2D eigenvalue weighted by Crippen LogP contribution is 2.31. The molecule has 2 N–H and O–H groups in total. The number of rotatable bonds is 3. The maximum Gasteiger partial charge on any atom is 0.336 e. The Kier molecular flexibility index (Phi) is 3.70. The number of aliphatic hydroxyl groups is 1. The summed E-state index contributed by atoms with van der Waals surface area (Å²) in [4.78, 5) is 11.0. The lowest BCUT2D eigenvalue weighted by atomic mass is 10.0. The molecule has 0 atom stereocenters. The molecule has 0 aliphatic carbocycles. The SMILES string of the molecule is Cc1c(Br)cc(S(=O)(=O)N2CC(C)(O)C2)cc1C(=O)O. The van der Waals surface area contributed by atoms with Gasteiger partial charge < -0.3 is 10.2 Å². The number of nitrogens with zero attached hydrogens (tertiary/aromatic N) is 1. The van der Waals surface area contributed by atoms with Gasteiger partial charge >= 0.3 is 5.97 Å². The topological polar surface area (TPSA) is 94.9 Å². The molecule has 6 nitrogen and oxygen atoms in total. The van der Waals surface area contributed by atoms with Gasteiger partial charge in [0, 0.05) is 17.6 Å². The minimum atomic E-state index is -3.79. The predicted molar refractivity (Wildman–Crippen MR) is 75.2 cm³/mol. The van der Waals surface area contributed by atoms with Crippen molar-refractivity contribution in [1.82, 2.24) is 4.31 Å². The first-order chi connectivity index (χ1) is 9.04. The second-order valence-electron chi connectivity index (χ2n) is 5.15. The van der Waals surface area contributed by atoms with Crippen molar-refractivity contribution >= 4 is 31.9 Å². The van der Waals surface area contributed by atoms with E-state index in [2.05, 4.69) is 15.9 Å². The molecule has 0 bridgehead atoms. The standard InChI is InChI=1S/C12H14BrNO5S/c1-7-9(11(15)16)3-8(4-10(7)13)20(18,19)14-5-12(2,17)6-14/h3-4,17H,5-6H2,1-2H3,(H,15,16). The largest absolute Gasteiger partial charge is 0.478 e. The molecule has 1 saturated heterocycles. The van der Waals surface area contributed by atoms with Crippen molar-refractivity contribution in [2.45, 2.75) is 24.3 Å². The second kappa shape index (κ2) is 4.80. The summed E-state index contributed by atoms with van der Waals surface area (Å²) in [7, 11) is -3.79. The maximum atomic E-state index is 12.3. The number of carboxylic acids is 1. The van der Waals surface area contributed by atoms with E-state index in [0.717, 1.165) is 10.4 Å². The lowest BCUT2D eigenvalue weighted by molar-refractivity contribution is -0.0426. The normalized spacial score (nSPS) is 18.6. The molecule has 0 radical (unpaired) electrons. The van der Waals surface area contributed by atoms with Gasteiger partial charge in [0.25, 0.3) is 0 Å². The summed E-state index contributed by atoms with van der Waals surface area (Å²) in [6.07, 6.45) is 0. The minimum Gasteiger partial charge on any atom is -0.478 e. The summed E-state index contributed by atoms with van der Waals surface area (Å²) in [6.45, 7) is 3.15. The minimum absolute atomic E-state index is 0.00321. The summed E-state index contributed by atoms with van der Waals surface area (Å²) in [5, 5.41) is 18.7. The van der Waals surface area contributed by atoms with Gasteiger partial charge in [-0.05, 0) is 31.5 Å². The highest BCUT2D eigenvalue weighted by Gasteiger charge is 2.44. The Bertz CT molecular complexity index is 675. The van der Waals surface area contributed by atoms with Crippen LogP contribution in [0.3, 0.4) is 0 Å². The number of carbonyl (C=O) groups is 1. The van der Waals surface area contributed by atoms with Crippen LogP contribution in [0.4, 0.5) is 0 Å². The molecule has 0 amide bonds. The van der Waals surface area contributed by atoms with Crippen LogP contribution in [0.15, 0.2) is 21.5 Å². The molecule has 1 heterocycles. The van der Waals surface area contributed by atoms with Crippen LogP contribution in [0, 0.1) is 6.92 Å². The molecular weight excluding hydrogens is 350 g/mol. The monoisotopic (exact) mass is 363 g/mol. The predicted octanol–water partition coefficient (Wildman–Crippen LogP) is 1.21. The van der Waals surface area contributed by atoms with E-state index in [4.69, 9.17) is 5.11 Å². The van der Waals surface area contributed by atoms with Crippen molar-refractivity contribution in [3.8, 4) is 0 Å². The van der Waals surface area contributed by atoms with Crippen LogP contribution in [0.5, 0.6) is 0 Å². The lowest BCUT2D eigenvalue weighted by Gasteiger charge is -2.42. The van der Waals surface area contributed by atoms with E-state index in [-0.39, 0.29) is 23.5 Å². The summed E-state index contributed by atoms with van der Waals surface area (Å²) >= 11 is 3.17. The van der Waals surface area contributed by atoms with E-state index in [1.807, 2.05) is 0 Å². The molecule has 8 heteroatoms. The lowest BCUT2D eigenvalue weighted by Crippen LogP contribution is -2.61. The number of β-amino-alcohol motifs (C(OH)–C–C–N with tert-alkyl or cyclic N) is 1. The summed E-state index contributed by atoms with van der Waals surface area (Å²) < 4.78 is 26.2. The number of carboxylic acid groups (broad SMARTS) is 1. The summed E-state index contributed by atoms with van der Waals surface area (Å²) in [5.41, 5.74) is -0.623. The van der Waals surface area contributed by atoms with Crippen molar-refractivity contribution in [3.63, 3.8) is 0 Å². The van der Waals surface area contributed by atoms with Crippen LogP contribution < -0.4 is 0 Å². The van der Waals surface area contributed by atoms with Crippen molar-refractivity contribution in [2.24, 2.45) is 0 Å². The van der Waals surface area contributed by atoms with Crippen molar-refractivity contribution in [1.29, 1.82) is 0 Å². The van der Waals surface area contributed by atoms with Gasteiger partial charge in [-0.1, -0.05) is 15.9 Å². The van der Waals surface area contributed by atoms with Crippen LogP contribution in [-0.4, -0.2) is 47.6 Å². The molecule has 1 aromatic carbocycles. The van der Waals surface area contributed by atoms with Gasteiger partial charge in [-0.2, -0.15) is 4.31 Å². The van der Waals surface area contributed by atoms with E-state index in [0.29, 0.717) is 10.0 Å². The Morgan fingerprint density at radius 1 is 1.40 bits per heavy atom. The van der Waals surface area contributed by atoms with E-state index >= 15 is 0 Å². The molecule has 1 fully saturated rings. The molecule has 0 unspecified atom stereocenters. The van der Waals surface area contributed by atoms with Crippen molar-refractivity contribution in [3.05, 3.63) is 27.7 Å². The zero-order valence-corrected chi connectivity index (χ0v) is 13.3. The molecule has 20 heavy (non-hydrogen) atoms. The fourth-order valence-corrected chi connectivity index (χ4v) is 4.40. The Labute approximate surface area is 125 Å². The van der Waals surface area contributed by atoms with Crippen LogP contribution in [0.25, 0.3) is 0 Å². The number of halogens is 1. The zero-order valence-electron chi connectivity index (χ0n) is 10.9. The van der Waals surface area contributed by atoms with Gasteiger partial charge in [0.2, 0.25) is 10.0 Å². The third-order valence-corrected chi connectivity index (χ3v) is 5.81. The first kappa shape index (κ1) is 15.4. The highest BCUT2D eigenvalue weighted by molar-refractivity contribution is 9.10. The Hall–Kier alpha value is -0.960. The van der Waals surface area contributed by atoms with E-state index in [9.17, 15) is 18.3 Å². The molecule has 110 valence electrons. The van der Waals surface area contributed by atoms with Gasteiger partial charge in [0.05, 0.1) is 16.1 Å². The third kappa shape index (κ3) is 2.60. The van der Waals surface area contributed by atoms with Gasteiger partial charge in [-0.3, -0.25) is 0 Å². The Morgan fingerprint density at radius 3 is 2.40 bits per heavy atom. The summed E-state index contributed by atoms with van der Waals surface area (Å²) in [6, 6.07) is 2.52. The average molecular weight is 364 g/mol. The van der Waals surface area contributed by atoms with E-state index < -0.39 is 21.6 Å².